The summed E-state index contributed by atoms with van der Waals surface area (Å²) in [5.41, 5.74) is 3.56. The molecule has 3 aromatic rings. The first kappa shape index (κ1) is 27.9. The minimum atomic E-state index is -1.75. The van der Waals surface area contributed by atoms with Crippen LogP contribution >= 0.6 is 47.0 Å². The van der Waals surface area contributed by atoms with Crippen molar-refractivity contribution in [3.8, 4) is 22.3 Å². The number of aromatic nitrogens is 1. The third-order valence-electron chi connectivity index (χ3n) is 5.13. The summed E-state index contributed by atoms with van der Waals surface area (Å²) in [5, 5.41) is -0.799. The van der Waals surface area contributed by atoms with E-state index < -0.39 is 19.8 Å². The number of hydrogen-bond donors (Lipinski definition) is 0. The normalized spacial score (nSPS) is 13.8. The average molecular weight is 569 g/mol. The van der Waals surface area contributed by atoms with Gasteiger partial charge in [0.15, 0.2) is 0 Å². The molecule has 2 aromatic carbocycles. The molecule has 2 unspecified atom stereocenters. The number of alkyl halides is 3. The van der Waals surface area contributed by atoms with Gasteiger partial charge in [0.25, 0.3) is 0 Å². The average Bonchev–Trinajstić information content (AvgIpc) is 2.85. The molecule has 186 valence electrons. The second-order valence-electron chi connectivity index (χ2n) is 8.27. The van der Waals surface area contributed by atoms with Gasteiger partial charge in [0.1, 0.15) is 6.10 Å². The fourth-order valence-electron chi connectivity index (χ4n) is 3.40. The molecule has 2 atom stereocenters. The molecule has 0 saturated heterocycles. The van der Waals surface area contributed by atoms with E-state index in [0.717, 1.165) is 35.1 Å². The van der Waals surface area contributed by atoms with Crippen molar-refractivity contribution in [3.05, 3.63) is 83.7 Å². The number of pyridine rings is 1. The zero-order chi connectivity index (χ0) is 25.6. The van der Waals surface area contributed by atoms with Crippen LogP contribution in [0.1, 0.15) is 33.6 Å². The zero-order valence-electron chi connectivity index (χ0n) is 19.8. The SMILES string of the molecule is CCC/C=C/C(Cl)C(Cl)(Cl)S(=O)c1ccc(-c2cn(OC(C)C)cc(-c3ccccc3)c2=S)cc1. The van der Waals surface area contributed by atoms with Crippen molar-refractivity contribution in [1.29, 1.82) is 0 Å². The molecule has 0 aliphatic heterocycles. The van der Waals surface area contributed by atoms with Crippen LogP contribution in [0.4, 0.5) is 0 Å². The quantitative estimate of drug-likeness (QED) is 0.139. The largest absolute Gasteiger partial charge is 0.412 e. The van der Waals surface area contributed by atoms with Gasteiger partial charge >= 0.3 is 0 Å². The summed E-state index contributed by atoms with van der Waals surface area (Å²) in [6, 6.07) is 17.1. The highest BCUT2D eigenvalue weighted by molar-refractivity contribution is 7.89. The second-order valence-corrected chi connectivity index (χ2v) is 12.6. The Balaban J connectivity index is 1.98. The van der Waals surface area contributed by atoms with Gasteiger partial charge in [0.2, 0.25) is 3.67 Å². The van der Waals surface area contributed by atoms with Crippen LogP contribution in [0.5, 0.6) is 0 Å². The first-order valence-electron chi connectivity index (χ1n) is 11.3. The Hall–Kier alpha value is -1.63. The monoisotopic (exact) mass is 567 g/mol. The number of rotatable bonds is 10. The van der Waals surface area contributed by atoms with Crippen molar-refractivity contribution in [2.24, 2.45) is 0 Å². The van der Waals surface area contributed by atoms with E-state index in [0.29, 0.717) is 9.41 Å². The Kier molecular flexibility index (Phi) is 10.0. The van der Waals surface area contributed by atoms with Gasteiger partial charge in [-0.15, -0.1) is 11.6 Å². The van der Waals surface area contributed by atoms with Crippen LogP contribution in [0, 0.1) is 4.51 Å². The van der Waals surface area contributed by atoms with E-state index in [4.69, 9.17) is 51.9 Å². The summed E-state index contributed by atoms with van der Waals surface area (Å²) in [6.45, 7) is 5.99. The molecule has 0 radical (unpaired) electrons. The number of unbranched alkanes of at least 4 members (excludes halogenated alkanes) is 1. The van der Waals surface area contributed by atoms with Crippen molar-refractivity contribution in [3.63, 3.8) is 0 Å². The van der Waals surface area contributed by atoms with Gasteiger partial charge in [0, 0.05) is 16.0 Å². The standard InChI is InChI=1S/C27H28Cl3NO2S2/c1-4-5-7-12-25(28)27(29,30)35(32)22-15-13-21(14-16-22)24-18-31(33-19(2)3)17-23(26(24)34)20-10-8-6-9-11-20/h6-19,25H,4-5H2,1-3H3/b12-7+. The van der Waals surface area contributed by atoms with Crippen molar-refractivity contribution in [2.45, 2.75) is 53.7 Å². The summed E-state index contributed by atoms with van der Waals surface area (Å²) < 4.78 is 13.9. The Bertz CT molecular complexity index is 1240. The fraction of sp³-hybridized carbons (Fsp3) is 0.296. The van der Waals surface area contributed by atoms with Crippen LogP contribution in [0.3, 0.4) is 0 Å². The van der Waals surface area contributed by atoms with Crippen LogP contribution in [0.2, 0.25) is 0 Å². The van der Waals surface area contributed by atoms with Crippen molar-refractivity contribution in [1.82, 2.24) is 4.73 Å². The molecule has 0 N–H and O–H groups in total. The summed E-state index contributed by atoms with van der Waals surface area (Å²) in [5.74, 6) is 0. The van der Waals surface area contributed by atoms with Gasteiger partial charge in [-0.2, -0.15) is 4.73 Å². The minimum absolute atomic E-state index is 0.0207. The summed E-state index contributed by atoms with van der Waals surface area (Å²) in [4.78, 5) is 6.41. The first-order chi connectivity index (χ1) is 16.6. The van der Waals surface area contributed by atoms with Gasteiger partial charge in [-0.25, -0.2) is 0 Å². The molecule has 0 spiro atoms. The number of nitrogens with zero attached hydrogens (tertiary/aromatic N) is 1. The van der Waals surface area contributed by atoms with E-state index in [1.165, 1.54) is 0 Å². The topological polar surface area (TPSA) is 31.2 Å². The zero-order valence-corrected chi connectivity index (χ0v) is 23.7. The molecule has 3 rings (SSSR count). The molecule has 0 saturated carbocycles. The highest BCUT2D eigenvalue weighted by atomic mass is 35.5. The predicted octanol–water partition coefficient (Wildman–Crippen LogP) is 8.59. The fourth-order valence-corrected chi connectivity index (χ4v) is 5.75. The number of halogens is 3. The maximum absolute atomic E-state index is 13.2. The summed E-state index contributed by atoms with van der Waals surface area (Å²) >= 11 is 25.1. The van der Waals surface area contributed by atoms with E-state index in [2.05, 4.69) is 6.92 Å². The molecule has 0 aliphatic rings. The Morgan fingerprint density at radius 1 is 1.03 bits per heavy atom. The number of hydrogen-bond acceptors (Lipinski definition) is 3. The van der Waals surface area contributed by atoms with Crippen LogP contribution in [0.25, 0.3) is 22.3 Å². The van der Waals surface area contributed by atoms with Gasteiger partial charge in [-0.05, 0) is 43.5 Å². The molecule has 8 heteroatoms. The number of allylic oxidation sites excluding steroid dienone is 2. The Morgan fingerprint density at radius 3 is 2.14 bits per heavy atom. The van der Waals surface area contributed by atoms with E-state index in [-0.39, 0.29) is 6.10 Å². The van der Waals surface area contributed by atoms with Crippen LogP contribution in [-0.2, 0) is 10.8 Å². The number of benzene rings is 2. The van der Waals surface area contributed by atoms with Gasteiger partial charge in [0.05, 0.1) is 33.1 Å². The maximum atomic E-state index is 13.2. The second kappa shape index (κ2) is 12.6. The third-order valence-corrected chi connectivity index (χ3v) is 9.15. The lowest BCUT2D eigenvalue weighted by atomic mass is 10.0. The molecule has 1 aromatic heterocycles. The highest BCUT2D eigenvalue weighted by Gasteiger charge is 2.39. The Morgan fingerprint density at radius 2 is 1.60 bits per heavy atom. The van der Waals surface area contributed by atoms with Gasteiger partial charge in [-0.3, -0.25) is 4.21 Å². The lowest BCUT2D eigenvalue weighted by Gasteiger charge is -2.22. The lowest BCUT2D eigenvalue weighted by molar-refractivity contribution is 0.0592. The van der Waals surface area contributed by atoms with Crippen molar-refractivity contribution in [2.75, 3.05) is 0 Å². The lowest BCUT2D eigenvalue weighted by Crippen LogP contribution is -2.30. The van der Waals surface area contributed by atoms with Gasteiger partial charge in [-0.1, -0.05) is 103 Å². The van der Waals surface area contributed by atoms with E-state index >= 15 is 0 Å². The summed E-state index contributed by atoms with van der Waals surface area (Å²) in [7, 11) is -1.75. The maximum Gasteiger partial charge on any atom is 0.216 e. The minimum Gasteiger partial charge on any atom is -0.412 e. The summed E-state index contributed by atoms with van der Waals surface area (Å²) in [6.07, 6.45) is 9.16. The molecule has 0 bridgehead atoms. The Labute approximate surface area is 230 Å². The highest BCUT2D eigenvalue weighted by Crippen LogP contribution is 2.38. The van der Waals surface area contributed by atoms with Crippen LogP contribution in [0.15, 0.2) is 84.0 Å². The van der Waals surface area contributed by atoms with Crippen molar-refractivity contribution < 1.29 is 9.05 Å². The molecule has 35 heavy (non-hydrogen) atoms. The molecular weight excluding hydrogens is 541 g/mol. The van der Waals surface area contributed by atoms with Crippen LogP contribution in [-0.4, -0.2) is 24.1 Å². The molecule has 0 aliphatic carbocycles. The molecule has 0 amide bonds. The predicted molar refractivity (Wildman–Crippen MR) is 152 cm³/mol. The van der Waals surface area contributed by atoms with E-state index in [1.54, 1.807) is 22.9 Å². The first-order valence-corrected chi connectivity index (χ1v) is 14.1. The smallest absolute Gasteiger partial charge is 0.216 e. The molecular formula is C27H28Cl3NO2S2. The molecule has 3 nitrogen and oxygen atoms in total. The van der Waals surface area contributed by atoms with E-state index in [1.807, 2.05) is 74.8 Å². The van der Waals surface area contributed by atoms with Crippen LogP contribution < -0.4 is 4.84 Å². The van der Waals surface area contributed by atoms with E-state index in [9.17, 15) is 4.21 Å². The molecule has 1 heterocycles. The van der Waals surface area contributed by atoms with Gasteiger partial charge < -0.3 is 4.84 Å². The molecule has 0 fully saturated rings. The van der Waals surface area contributed by atoms with Crippen molar-refractivity contribution >= 4 is 57.8 Å². The third kappa shape index (κ3) is 6.99.